The maximum absolute atomic E-state index is 11.5. The summed E-state index contributed by atoms with van der Waals surface area (Å²) >= 11 is 0. The Morgan fingerprint density at radius 2 is 2.11 bits per heavy atom. The number of H-pyrrole nitrogens is 1. The molecule has 0 saturated heterocycles. The van der Waals surface area contributed by atoms with E-state index < -0.39 is 0 Å². The van der Waals surface area contributed by atoms with Gasteiger partial charge in [-0.15, -0.1) is 0 Å². The Kier molecular flexibility index (Phi) is 2.90. The summed E-state index contributed by atoms with van der Waals surface area (Å²) in [5.74, 6) is 0.763. The molecule has 0 fully saturated rings. The Hall–Kier alpha value is -2.17. The first-order valence-corrected chi connectivity index (χ1v) is 5.64. The molecule has 0 aliphatic rings. The van der Waals surface area contributed by atoms with Crippen LogP contribution in [0.3, 0.4) is 0 Å². The van der Waals surface area contributed by atoms with E-state index in [9.17, 15) is 9.59 Å². The summed E-state index contributed by atoms with van der Waals surface area (Å²) in [6.45, 7) is 5.13. The summed E-state index contributed by atoms with van der Waals surface area (Å²) in [6, 6.07) is 0. The van der Waals surface area contributed by atoms with Crippen molar-refractivity contribution in [2.24, 2.45) is 7.05 Å². The lowest BCUT2D eigenvalue weighted by Gasteiger charge is -2.02. The fourth-order valence-electron chi connectivity index (χ4n) is 2.04. The Bertz CT molecular complexity index is 635. The van der Waals surface area contributed by atoms with Crippen LogP contribution in [0.2, 0.25) is 0 Å². The quantitative estimate of drug-likeness (QED) is 0.664. The molecule has 0 bridgehead atoms. The molecule has 0 atom stereocenters. The molecule has 0 aromatic carbocycles. The standard InChI is InChI=1S/C13H15N3O2/c1-7-10(6-17)13(15-12(7)8(2)18)11-5-14-9(3)16(11)4/h5-6,15H,1-4H3. The number of aromatic amines is 1. The van der Waals surface area contributed by atoms with Gasteiger partial charge in [0, 0.05) is 19.5 Å². The molecule has 2 aromatic rings. The van der Waals surface area contributed by atoms with E-state index in [0.29, 0.717) is 22.5 Å². The minimum atomic E-state index is -0.0826. The number of rotatable bonds is 3. The number of imidazole rings is 1. The second kappa shape index (κ2) is 4.25. The maximum atomic E-state index is 11.5. The number of carbonyl (C=O) groups excluding carboxylic acids is 2. The highest BCUT2D eigenvalue weighted by atomic mass is 16.1. The number of aldehydes is 1. The molecule has 5 nitrogen and oxygen atoms in total. The predicted octanol–water partition coefficient (Wildman–Crippen LogP) is 2.05. The molecule has 0 aliphatic carbocycles. The molecular weight excluding hydrogens is 230 g/mol. The van der Waals surface area contributed by atoms with Crippen LogP contribution in [-0.4, -0.2) is 26.6 Å². The van der Waals surface area contributed by atoms with E-state index in [0.717, 1.165) is 17.8 Å². The second-order valence-corrected chi connectivity index (χ2v) is 4.34. The lowest BCUT2D eigenvalue weighted by atomic mass is 10.1. The molecule has 0 saturated carbocycles. The van der Waals surface area contributed by atoms with E-state index >= 15 is 0 Å². The van der Waals surface area contributed by atoms with Crippen molar-refractivity contribution in [1.82, 2.24) is 14.5 Å². The molecule has 18 heavy (non-hydrogen) atoms. The van der Waals surface area contributed by atoms with Crippen LogP contribution in [0.15, 0.2) is 6.20 Å². The smallest absolute Gasteiger partial charge is 0.176 e. The van der Waals surface area contributed by atoms with Gasteiger partial charge in [0.25, 0.3) is 0 Å². The van der Waals surface area contributed by atoms with Gasteiger partial charge in [-0.1, -0.05) is 0 Å². The van der Waals surface area contributed by atoms with Gasteiger partial charge in [-0.2, -0.15) is 0 Å². The van der Waals surface area contributed by atoms with Gasteiger partial charge in [0.05, 0.1) is 23.3 Å². The van der Waals surface area contributed by atoms with E-state index in [1.807, 2.05) is 18.5 Å². The topological polar surface area (TPSA) is 67.8 Å². The normalized spacial score (nSPS) is 10.7. The third-order valence-corrected chi connectivity index (χ3v) is 3.24. The first-order valence-electron chi connectivity index (χ1n) is 5.64. The van der Waals surface area contributed by atoms with Crippen LogP contribution in [0.25, 0.3) is 11.4 Å². The molecule has 0 unspecified atom stereocenters. The van der Waals surface area contributed by atoms with Crippen LogP contribution in [-0.2, 0) is 7.05 Å². The van der Waals surface area contributed by atoms with Crippen molar-refractivity contribution < 1.29 is 9.59 Å². The summed E-state index contributed by atoms with van der Waals surface area (Å²) in [6.07, 6.45) is 2.47. The van der Waals surface area contributed by atoms with Crippen molar-refractivity contribution in [2.75, 3.05) is 0 Å². The van der Waals surface area contributed by atoms with Gasteiger partial charge in [-0.3, -0.25) is 9.59 Å². The van der Waals surface area contributed by atoms with Crippen molar-refractivity contribution >= 4 is 12.1 Å². The molecule has 2 aromatic heterocycles. The number of hydrogen-bond acceptors (Lipinski definition) is 3. The molecule has 0 amide bonds. The average molecular weight is 245 g/mol. The molecular formula is C13H15N3O2. The summed E-state index contributed by atoms with van der Waals surface area (Å²) in [4.78, 5) is 29.9. The molecule has 0 spiro atoms. The summed E-state index contributed by atoms with van der Waals surface area (Å²) < 4.78 is 1.88. The van der Waals surface area contributed by atoms with Gasteiger partial charge < -0.3 is 9.55 Å². The van der Waals surface area contributed by atoms with Crippen LogP contribution in [0.4, 0.5) is 0 Å². The Labute approximate surface area is 105 Å². The molecule has 94 valence electrons. The first-order chi connectivity index (χ1) is 8.47. The van der Waals surface area contributed by atoms with Crippen LogP contribution < -0.4 is 0 Å². The molecule has 1 N–H and O–H groups in total. The largest absolute Gasteiger partial charge is 0.350 e. The number of nitrogens with one attached hydrogen (secondary N) is 1. The lowest BCUT2D eigenvalue weighted by molar-refractivity contribution is 0.101. The average Bonchev–Trinajstić information content (AvgIpc) is 2.81. The fraction of sp³-hybridized carbons (Fsp3) is 0.308. The van der Waals surface area contributed by atoms with Crippen LogP contribution in [0.1, 0.15) is 39.2 Å². The van der Waals surface area contributed by atoms with E-state index in [-0.39, 0.29) is 5.78 Å². The van der Waals surface area contributed by atoms with Gasteiger partial charge in [-0.25, -0.2) is 4.98 Å². The minimum Gasteiger partial charge on any atom is -0.350 e. The van der Waals surface area contributed by atoms with Gasteiger partial charge in [0.1, 0.15) is 5.82 Å². The van der Waals surface area contributed by atoms with Crippen molar-refractivity contribution in [3.05, 3.63) is 28.8 Å². The zero-order chi connectivity index (χ0) is 13.4. The zero-order valence-electron chi connectivity index (χ0n) is 10.9. The summed E-state index contributed by atoms with van der Waals surface area (Å²) in [5.41, 5.74) is 3.13. The predicted molar refractivity (Wildman–Crippen MR) is 67.9 cm³/mol. The molecule has 2 heterocycles. The summed E-state index contributed by atoms with van der Waals surface area (Å²) in [5, 5.41) is 0. The minimum absolute atomic E-state index is 0.0826. The van der Waals surface area contributed by atoms with Crippen molar-refractivity contribution in [2.45, 2.75) is 20.8 Å². The maximum Gasteiger partial charge on any atom is 0.176 e. The zero-order valence-corrected chi connectivity index (χ0v) is 10.9. The third kappa shape index (κ3) is 1.68. The molecule has 0 radical (unpaired) electrons. The van der Waals surface area contributed by atoms with E-state index in [2.05, 4.69) is 9.97 Å². The highest BCUT2D eigenvalue weighted by Crippen LogP contribution is 2.27. The molecule has 5 heteroatoms. The Balaban J connectivity index is 2.72. The number of Topliss-reactive ketones (excluding diaryl/α,β-unsaturated/α-hetero) is 1. The number of aromatic nitrogens is 3. The van der Waals surface area contributed by atoms with Gasteiger partial charge in [0.15, 0.2) is 12.1 Å². The Morgan fingerprint density at radius 3 is 2.56 bits per heavy atom. The summed E-state index contributed by atoms with van der Waals surface area (Å²) in [7, 11) is 1.87. The highest BCUT2D eigenvalue weighted by Gasteiger charge is 2.19. The third-order valence-electron chi connectivity index (χ3n) is 3.24. The van der Waals surface area contributed by atoms with E-state index in [1.165, 1.54) is 6.92 Å². The Morgan fingerprint density at radius 1 is 1.44 bits per heavy atom. The van der Waals surface area contributed by atoms with Gasteiger partial charge in [0.2, 0.25) is 0 Å². The monoisotopic (exact) mass is 245 g/mol. The van der Waals surface area contributed by atoms with Gasteiger partial charge >= 0.3 is 0 Å². The van der Waals surface area contributed by atoms with Crippen LogP contribution in [0, 0.1) is 13.8 Å². The number of hydrogen-bond donors (Lipinski definition) is 1. The van der Waals surface area contributed by atoms with Crippen LogP contribution in [0.5, 0.6) is 0 Å². The number of carbonyl (C=O) groups is 2. The second-order valence-electron chi connectivity index (χ2n) is 4.34. The highest BCUT2D eigenvalue weighted by molar-refractivity contribution is 5.99. The van der Waals surface area contributed by atoms with Crippen molar-refractivity contribution in [3.63, 3.8) is 0 Å². The number of nitrogens with zero attached hydrogens (tertiary/aromatic N) is 2. The SMILES string of the molecule is CC(=O)c1[nH]c(-c2cnc(C)n2C)c(C=O)c1C. The fourth-order valence-corrected chi connectivity index (χ4v) is 2.04. The molecule has 0 aliphatic heterocycles. The van der Waals surface area contributed by atoms with Crippen molar-refractivity contribution in [1.29, 1.82) is 0 Å². The van der Waals surface area contributed by atoms with Crippen molar-refractivity contribution in [3.8, 4) is 11.4 Å². The lowest BCUT2D eigenvalue weighted by Crippen LogP contribution is -1.97. The van der Waals surface area contributed by atoms with Crippen LogP contribution >= 0.6 is 0 Å². The van der Waals surface area contributed by atoms with E-state index in [4.69, 9.17) is 0 Å². The number of ketones is 1. The first kappa shape index (κ1) is 12.3. The van der Waals surface area contributed by atoms with Gasteiger partial charge in [-0.05, 0) is 19.4 Å². The van der Waals surface area contributed by atoms with E-state index in [1.54, 1.807) is 13.1 Å². The molecule has 2 rings (SSSR count). The number of aryl methyl sites for hydroxylation is 1.